The zero-order valence-electron chi connectivity index (χ0n) is 14.9. The van der Waals surface area contributed by atoms with Crippen LogP contribution < -0.4 is 16.4 Å². The summed E-state index contributed by atoms with van der Waals surface area (Å²) >= 11 is 0. The number of carbonyl (C=O) groups excluding carboxylic acids is 2. The maximum absolute atomic E-state index is 12.2. The second-order valence-corrected chi connectivity index (χ2v) is 6.23. The molecule has 0 spiro atoms. The number of rotatable bonds is 9. The molecule has 1 aromatic carbocycles. The molecular weight excluding hydrogens is 322 g/mol. The maximum Gasteiger partial charge on any atom is 0.326 e. The molecule has 0 fully saturated rings. The zero-order chi connectivity index (χ0) is 19.0. The van der Waals surface area contributed by atoms with E-state index < -0.39 is 35.9 Å². The molecule has 25 heavy (non-hydrogen) atoms. The zero-order valence-corrected chi connectivity index (χ0v) is 14.9. The molecule has 1 aromatic rings. The summed E-state index contributed by atoms with van der Waals surface area (Å²) in [5.41, 5.74) is 6.63. The number of carboxylic acid groups (broad SMARTS) is 1. The highest BCUT2D eigenvalue weighted by Gasteiger charge is 2.26. The number of nitrogens with one attached hydrogen (secondary N) is 2. The minimum absolute atomic E-state index is 0.0138. The van der Waals surface area contributed by atoms with Gasteiger partial charge in [0.15, 0.2) is 0 Å². The monoisotopic (exact) mass is 349 g/mol. The van der Waals surface area contributed by atoms with Crippen LogP contribution in [0.25, 0.3) is 0 Å². The smallest absolute Gasteiger partial charge is 0.326 e. The molecule has 1 rings (SSSR count). The Balaban J connectivity index is 2.64. The lowest BCUT2D eigenvalue weighted by Gasteiger charge is -2.22. The topological polar surface area (TPSA) is 122 Å². The number of carboxylic acids is 1. The van der Waals surface area contributed by atoms with Crippen molar-refractivity contribution in [1.29, 1.82) is 0 Å². The fourth-order valence-electron chi connectivity index (χ4n) is 2.23. The number of aliphatic carboxylic acids is 1. The highest BCUT2D eigenvalue weighted by atomic mass is 16.4. The second kappa shape index (κ2) is 9.78. The molecule has 0 heterocycles. The van der Waals surface area contributed by atoms with Crippen molar-refractivity contribution < 1.29 is 19.5 Å². The molecule has 4 atom stereocenters. The first-order chi connectivity index (χ1) is 11.8. The van der Waals surface area contributed by atoms with E-state index in [2.05, 4.69) is 10.6 Å². The van der Waals surface area contributed by atoms with E-state index in [9.17, 15) is 19.5 Å². The number of carbonyl (C=O) groups is 3. The predicted octanol–water partition coefficient (Wildman–Crippen LogP) is 0.677. The average Bonchev–Trinajstić information content (AvgIpc) is 2.60. The first-order valence-corrected chi connectivity index (χ1v) is 8.39. The van der Waals surface area contributed by atoms with Gasteiger partial charge in [-0.25, -0.2) is 4.79 Å². The number of amides is 2. The summed E-state index contributed by atoms with van der Waals surface area (Å²) in [6, 6.07) is 6.36. The van der Waals surface area contributed by atoms with Crippen LogP contribution in [0.5, 0.6) is 0 Å². The van der Waals surface area contributed by atoms with Crippen LogP contribution in [0.15, 0.2) is 30.3 Å². The largest absolute Gasteiger partial charge is 0.480 e. The van der Waals surface area contributed by atoms with Gasteiger partial charge in [0.2, 0.25) is 11.8 Å². The van der Waals surface area contributed by atoms with Crippen LogP contribution in [-0.2, 0) is 20.8 Å². The van der Waals surface area contributed by atoms with E-state index in [0.717, 1.165) is 12.0 Å². The lowest BCUT2D eigenvalue weighted by molar-refractivity contribution is -0.142. The van der Waals surface area contributed by atoms with Crippen LogP contribution >= 0.6 is 0 Å². The molecule has 0 aliphatic heterocycles. The molecule has 0 saturated heterocycles. The minimum atomic E-state index is -1.13. The molecule has 5 N–H and O–H groups in total. The van der Waals surface area contributed by atoms with Gasteiger partial charge in [0, 0.05) is 6.42 Å². The Morgan fingerprint density at radius 1 is 1.08 bits per heavy atom. The van der Waals surface area contributed by atoms with Gasteiger partial charge in [0.05, 0.1) is 6.04 Å². The van der Waals surface area contributed by atoms with Crippen LogP contribution in [0.4, 0.5) is 0 Å². The van der Waals surface area contributed by atoms with Crippen LogP contribution in [0.2, 0.25) is 0 Å². The summed E-state index contributed by atoms with van der Waals surface area (Å²) in [6.07, 6.45) is 0.905. The van der Waals surface area contributed by atoms with Crippen molar-refractivity contribution in [3.05, 3.63) is 35.9 Å². The molecular formula is C18H27N3O4. The Labute approximate surface area is 148 Å². The van der Waals surface area contributed by atoms with Crippen LogP contribution in [-0.4, -0.2) is 41.0 Å². The summed E-state index contributed by atoms with van der Waals surface area (Å²) in [7, 11) is 0. The lowest BCUT2D eigenvalue weighted by Crippen LogP contribution is -2.54. The van der Waals surface area contributed by atoms with Crippen molar-refractivity contribution >= 4 is 17.8 Å². The molecule has 7 heteroatoms. The lowest BCUT2D eigenvalue weighted by atomic mass is 9.99. The van der Waals surface area contributed by atoms with Gasteiger partial charge in [-0.2, -0.15) is 0 Å². The van der Waals surface area contributed by atoms with Gasteiger partial charge in [-0.15, -0.1) is 0 Å². The molecule has 138 valence electrons. The fraction of sp³-hybridized carbons (Fsp3) is 0.500. The van der Waals surface area contributed by atoms with E-state index in [1.807, 2.05) is 19.9 Å². The van der Waals surface area contributed by atoms with E-state index in [-0.39, 0.29) is 12.3 Å². The average molecular weight is 349 g/mol. The van der Waals surface area contributed by atoms with Crippen molar-refractivity contribution in [2.24, 2.45) is 11.7 Å². The fourth-order valence-corrected chi connectivity index (χ4v) is 2.23. The number of benzene rings is 1. The number of nitrogens with two attached hydrogens (primary N) is 1. The van der Waals surface area contributed by atoms with Gasteiger partial charge in [-0.1, -0.05) is 50.6 Å². The number of hydrogen-bond acceptors (Lipinski definition) is 4. The molecule has 7 nitrogen and oxygen atoms in total. The van der Waals surface area contributed by atoms with Crippen molar-refractivity contribution in [1.82, 2.24) is 10.6 Å². The molecule has 0 aliphatic rings. The normalized spacial score (nSPS) is 15.5. The third-order valence-corrected chi connectivity index (χ3v) is 4.21. The molecule has 0 saturated carbocycles. The Kier molecular flexibility index (Phi) is 8.07. The molecule has 0 aliphatic carbocycles. The Morgan fingerprint density at radius 2 is 1.68 bits per heavy atom. The van der Waals surface area contributed by atoms with E-state index in [1.165, 1.54) is 6.92 Å². The first kappa shape index (κ1) is 20.6. The standard InChI is InChI=1S/C18H27N3O4/c1-4-11(2)15(19)17(23)20-12(3)16(22)21-14(18(24)25)10-13-8-6-5-7-9-13/h5-9,11-12,14-15H,4,10,19H2,1-3H3,(H,20,23)(H,21,22)(H,24,25). The summed E-state index contributed by atoms with van der Waals surface area (Å²) in [6.45, 7) is 5.28. The molecule has 0 bridgehead atoms. The number of hydrogen-bond donors (Lipinski definition) is 4. The van der Waals surface area contributed by atoms with E-state index in [0.29, 0.717) is 0 Å². The summed E-state index contributed by atoms with van der Waals surface area (Å²) in [5, 5.41) is 14.3. The van der Waals surface area contributed by atoms with Crippen molar-refractivity contribution in [2.45, 2.75) is 51.7 Å². The van der Waals surface area contributed by atoms with E-state index >= 15 is 0 Å². The Bertz CT molecular complexity index is 591. The van der Waals surface area contributed by atoms with Gasteiger partial charge in [0.1, 0.15) is 12.1 Å². The minimum Gasteiger partial charge on any atom is -0.480 e. The quantitative estimate of drug-likeness (QED) is 0.522. The van der Waals surface area contributed by atoms with Crippen molar-refractivity contribution in [2.75, 3.05) is 0 Å². The molecule has 0 aromatic heterocycles. The van der Waals surface area contributed by atoms with Gasteiger partial charge in [-0.3, -0.25) is 9.59 Å². The van der Waals surface area contributed by atoms with Gasteiger partial charge >= 0.3 is 5.97 Å². The van der Waals surface area contributed by atoms with Crippen LogP contribution in [0.3, 0.4) is 0 Å². The maximum atomic E-state index is 12.2. The van der Waals surface area contributed by atoms with Gasteiger partial charge in [-0.05, 0) is 18.4 Å². The third kappa shape index (κ3) is 6.54. The first-order valence-electron chi connectivity index (χ1n) is 8.39. The van der Waals surface area contributed by atoms with E-state index in [4.69, 9.17) is 5.73 Å². The molecule has 2 amide bonds. The van der Waals surface area contributed by atoms with E-state index in [1.54, 1.807) is 24.3 Å². The van der Waals surface area contributed by atoms with Crippen molar-refractivity contribution in [3.8, 4) is 0 Å². The summed E-state index contributed by atoms with van der Waals surface area (Å²) in [5.74, 6) is -2.13. The van der Waals surface area contributed by atoms with Crippen LogP contribution in [0, 0.1) is 5.92 Å². The molecule has 4 unspecified atom stereocenters. The van der Waals surface area contributed by atoms with Crippen LogP contribution in [0.1, 0.15) is 32.8 Å². The van der Waals surface area contributed by atoms with Crippen molar-refractivity contribution in [3.63, 3.8) is 0 Å². The van der Waals surface area contributed by atoms with Gasteiger partial charge in [0.25, 0.3) is 0 Å². The summed E-state index contributed by atoms with van der Waals surface area (Å²) in [4.78, 5) is 35.7. The SMILES string of the molecule is CCC(C)C(N)C(=O)NC(C)C(=O)NC(Cc1ccccc1)C(=O)O. The molecule has 0 radical (unpaired) electrons. The van der Waals surface area contributed by atoms with Gasteiger partial charge < -0.3 is 21.5 Å². The predicted molar refractivity (Wildman–Crippen MR) is 94.7 cm³/mol. The Morgan fingerprint density at radius 3 is 2.20 bits per heavy atom. The third-order valence-electron chi connectivity index (χ3n) is 4.21. The Hall–Kier alpha value is -2.41. The summed E-state index contributed by atoms with van der Waals surface area (Å²) < 4.78 is 0. The highest BCUT2D eigenvalue weighted by molar-refractivity contribution is 5.91. The second-order valence-electron chi connectivity index (χ2n) is 6.23. The highest BCUT2D eigenvalue weighted by Crippen LogP contribution is 2.06.